The van der Waals surface area contributed by atoms with Crippen molar-refractivity contribution in [1.29, 1.82) is 0 Å². The third-order valence-corrected chi connectivity index (χ3v) is 5.83. The van der Waals surface area contributed by atoms with Crippen LogP contribution in [-0.4, -0.2) is 9.97 Å². The first-order valence-corrected chi connectivity index (χ1v) is 8.03. The highest BCUT2D eigenvalue weighted by Gasteiger charge is 2.15. The highest BCUT2D eigenvalue weighted by atomic mass is 32.1. The lowest BCUT2D eigenvalue weighted by Gasteiger charge is -2.01. The van der Waals surface area contributed by atoms with Gasteiger partial charge in [-0.05, 0) is 17.5 Å². The van der Waals surface area contributed by atoms with E-state index in [4.69, 9.17) is 0 Å². The van der Waals surface area contributed by atoms with Crippen LogP contribution in [0.2, 0.25) is 0 Å². The molecule has 94 valence electrons. The van der Waals surface area contributed by atoms with E-state index in [-0.39, 0.29) is 0 Å². The van der Waals surface area contributed by atoms with Crippen LogP contribution in [-0.2, 0) is 0 Å². The van der Waals surface area contributed by atoms with Gasteiger partial charge in [0.2, 0.25) is 0 Å². The minimum Gasteiger partial charge on any atom is -0.244 e. The van der Waals surface area contributed by atoms with Crippen molar-refractivity contribution in [3.8, 4) is 0 Å². The second-order valence-electron chi connectivity index (χ2n) is 4.75. The summed E-state index contributed by atoms with van der Waals surface area (Å²) in [5.74, 6) is 0. The van der Waals surface area contributed by atoms with Crippen molar-refractivity contribution in [2.45, 2.75) is 0 Å². The van der Waals surface area contributed by atoms with Crippen LogP contribution in [0.15, 0.2) is 48.2 Å². The van der Waals surface area contributed by atoms with Crippen molar-refractivity contribution in [1.82, 2.24) is 9.97 Å². The lowest BCUT2D eigenvalue weighted by atomic mass is 10.1. The molecule has 0 saturated carbocycles. The Morgan fingerprint density at radius 1 is 0.900 bits per heavy atom. The summed E-state index contributed by atoms with van der Waals surface area (Å²) in [4.78, 5) is 8.76. The summed E-state index contributed by atoms with van der Waals surface area (Å²) in [7, 11) is 0. The number of thiophene rings is 2. The number of fused-ring (bicyclic) bond motifs is 8. The molecule has 0 spiro atoms. The number of rotatable bonds is 0. The van der Waals surface area contributed by atoms with E-state index in [9.17, 15) is 0 Å². The minimum absolute atomic E-state index is 1.07. The van der Waals surface area contributed by atoms with Crippen molar-refractivity contribution in [2.75, 3.05) is 0 Å². The molecule has 4 heteroatoms. The van der Waals surface area contributed by atoms with Gasteiger partial charge in [-0.2, -0.15) is 0 Å². The zero-order chi connectivity index (χ0) is 13.1. The molecule has 0 N–H and O–H groups in total. The monoisotopic (exact) mass is 292 g/mol. The molecular formula is C16H8N2S2. The van der Waals surface area contributed by atoms with Gasteiger partial charge in [0.1, 0.15) is 6.33 Å². The fraction of sp³-hybridized carbons (Fsp3) is 0. The van der Waals surface area contributed by atoms with Crippen molar-refractivity contribution in [2.24, 2.45) is 0 Å². The lowest BCUT2D eigenvalue weighted by Crippen LogP contribution is -1.82. The smallest absolute Gasteiger partial charge is 0.116 e. The molecule has 0 bridgehead atoms. The van der Waals surface area contributed by atoms with Crippen LogP contribution in [0.5, 0.6) is 0 Å². The summed E-state index contributed by atoms with van der Waals surface area (Å²) in [6, 6.07) is 10.8. The predicted molar refractivity (Wildman–Crippen MR) is 87.8 cm³/mol. The Morgan fingerprint density at radius 3 is 2.85 bits per heavy atom. The van der Waals surface area contributed by atoms with Gasteiger partial charge in [0.05, 0.1) is 10.2 Å². The van der Waals surface area contributed by atoms with Crippen LogP contribution in [0.4, 0.5) is 0 Å². The van der Waals surface area contributed by atoms with Crippen LogP contribution >= 0.6 is 22.7 Å². The normalized spacial score (nSPS) is 12.0. The molecule has 0 unspecified atom stereocenters. The number of aromatic nitrogens is 2. The number of hydrogen-bond acceptors (Lipinski definition) is 4. The predicted octanol–water partition coefficient (Wildman–Crippen LogP) is 5.21. The van der Waals surface area contributed by atoms with E-state index in [1.165, 1.54) is 30.3 Å². The first kappa shape index (κ1) is 10.7. The molecule has 5 rings (SSSR count). The molecule has 2 nitrogen and oxygen atoms in total. The molecule has 3 heterocycles. The maximum absolute atomic E-state index is 4.52. The SMILES string of the molecule is c1ccc2c(c1)sc1c3ccsc3c3ncncc3c21. The summed E-state index contributed by atoms with van der Waals surface area (Å²) < 4.78 is 3.94. The average Bonchev–Trinajstić information content (AvgIpc) is 3.12. The van der Waals surface area contributed by atoms with E-state index < -0.39 is 0 Å². The molecule has 20 heavy (non-hydrogen) atoms. The van der Waals surface area contributed by atoms with Gasteiger partial charge in [0, 0.05) is 37.1 Å². The first-order chi connectivity index (χ1) is 9.93. The largest absolute Gasteiger partial charge is 0.244 e. The molecule has 0 atom stereocenters. The van der Waals surface area contributed by atoms with E-state index in [1.54, 1.807) is 17.7 Å². The summed E-state index contributed by atoms with van der Waals surface area (Å²) in [5, 5.41) is 7.23. The Balaban J connectivity index is 2.27. The second-order valence-corrected chi connectivity index (χ2v) is 6.72. The van der Waals surface area contributed by atoms with Gasteiger partial charge in [0.15, 0.2) is 0 Å². The van der Waals surface area contributed by atoms with E-state index >= 15 is 0 Å². The summed E-state index contributed by atoms with van der Waals surface area (Å²) in [6.45, 7) is 0. The van der Waals surface area contributed by atoms with Gasteiger partial charge in [-0.25, -0.2) is 9.97 Å². The molecule has 0 saturated heterocycles. The summed E-state index contributed by atoms with van der Waals surface area (Å²) in [5.41, 5.74) is 1.07. The first-order valence-electron chi connectivity index (χ1n) is 6.33. The van der Waals surface area contributed by atoms with Gasteiger partial charge in [-0.15, -0.1) is 22.7 Å². The molecule has 0 fully saturated rings. The van der Waals surface area contributed by atoms with Crippen LogP contribution in [0.3, 0.4) is 0 Å². The standard InChI is InChI=1S/C16H8N2S2/c1-2-4-12-9(3-1)13-11-7-17-8-18-14(11)16-10(5-6-19-16)15(13)20-12/h1-8H. The zero-order valence-electron chi connectivity index (χ0n) is 10.3. The van der Waals surface area contributed by atoms with Gasteiger partial charge >= 0.3 is 0 Å². The third kappa shape index (κ3) is 1.23. The maximum Gasteiger partial charge on any atom is 0.116 e. The van der Waals surface area contributed by atoms with Gasteiger partial charge in [-0.1, -0.05) is 18.2 Å². The molecule has 0 amide bonds. The van der Waals surface area contributed by atoms with Crippen LogP contribution in [0, 0.1) is 0 Å². The number of nitrogens with zero attached hydrogens (tertiary/aromatic N) is 2. The second kappa shape index (κ2) is 3.75. The quantitative estimate of drug-likeness (QED) is 0.391. The van der Waals surface area contributed by atoms with Crippen molar-refractivity contribution in [3.63, 3.8) is 0 Å². The van der Waals surface area contributed by atoms with Crippen molar-refractivity contribution in [3.05, 3.63) is 48.2 Å². The Bertz CT molecular complexity index is 1100. The Hall–Kier alpha value is -2.04. The number of hydrogen-bond donors (Lipinski definition) is 0. The highest BCUT2D eigenvalue weighted by molar-refractivity contribution is 7.28. The number of benzene rings is 2. The van der Waals surface area contributed by atoms with Crippen molar-refractivity contribution >= 4 is 63.8 Å². The Labute approximate surface area is 122 Å². The van der Waals surface area contributed by atoms with Gasteiger partial charge in [0.25, 0.3) is 0 Å². The van der Waals surface area contributed by atoms with E-state index in [0.29, 0.717) is 0 Å². The Morgan fingerprint density at radius 2 is 1.85 bits per heavy atom. The van der Waals surface area contributed by atoms with Crippen LogP contribution < -0.4 is 0 Å². The van der Waals surface area contributed by atoms with E-state index in [2.05, 4.69) is 45.7 Å². The van der Waals surface area contributed by atoms with Crippen LogP contribution in [0.1, 0.15) is 0 Å². The minimum atomic E-state index is 1.07. The molecular weight excluding hydrogens is 284 g/mol. The summed E-state index contributed by atoms with van der Waals surface area (Å²) >= 11 is 3.62. The molecule has 5 aromatic rings. The highest BCUT2D eigenvalue weighted by Crippen LogP contribution is 2.44. The molecule has 0 aliphatic rings. The van der Waals surface area contributed by atoms with E-state index in [0.717, 1.165) is 10.9 Å². The molecule has 2 aromatic carbocycles. The molecule has 0 radical (unpaired) electrons. The van der Waals surface area contributed by atoms with Gasteiger partial charge in [-0.3, -0.25) is 0 Å². The third-order valence-electron chi connectivity index (χ3n) is 3.70. The lowest BCUT2D eigenvalue weighted by molar-refractivity contribution is 1.23. The Kier molecular flexibility index (Phi) is 2.01. The fourth-order valence-electron chi connectivity index (χ4n) is 2.87. The molecule has 3 aromatic heterocycles. The van der Waals surface area contributed by atoms with E-state index in [1.807, 2.05) is 17.5 Å². The molecule has 0 aliphatic carbocycles. The summed E-state index contributed by atoms with van der Waals surface area (Å²) in [6.07, 6.45) is 3.59. The van der Waals surface area contributed by atoms with Crippen LogP contribution in [0.25, 0.3) is 41.2 Å². The molecule has 0 aliphatic heterocycles. The zero-order valence-corrected chi connectivity index (χ0v) is 12.0. The fourth-order valence-corrected chi connectivity index (χ4v) is 5.09. The average molecular weight is 292 g/mol. The van der Waals surface area contributed by atoms with Crippen molar-refractivity contribution < 1.29 is 0 Å². The topological polar surface area (TPSA) is 25.8 Å². The van der Waals surface area contributed by atoms with Gasteiger partial charge < -0.3 is 0 Å². The maximum atomic E-state index is 4.52.